The number of hydrogen-bond acceptors (Lipinski definition) is 3. The normalized spacial score (nSPS) is 25.4. The molecule has 2 rings (SSSR count). The fourth-order valence-corrected chi connectivity index (χ4v) is 1.93. The lowest BCUT2D eigenvalue weighted by Crippen LogP contribution is -2.47. The van der Waals surface area contributed by atoms with Crippen molar-refractivity contribution < 1.29 is 18.3 Å². The van der Waals surface area contributed by atoms with Crippen LogP contribution in [0.15, 0.2) is 18.2 Å². The number of nitrogens with zero attached hydrogens (tertiary/aromatic N) is 2. The fourth-order valence-electron chi connectivity index (χ4n) is 1.93. The molecular weight excluding hydrogens is 233 g/mol. The lowest BCUT2D eigenvalue weighted by molar-refractivity contribution is -0.250. The molecule has 1 aromatic rings. The maximum absolute atomic E-state index is 12.6. The maximum Gasteiger partial charge on any atom is 0.418 e. The number of aromatic nitrogens is 1. The van der Waals surface area contributed by atoms with E-state index in [0.717, 1.165) is 5.69 Å². The van der Waals surface area contributed by atoms with Gasteiger partial charge >= 0.3 is 6.18 Å². The molecule has 1 aliphatic heterocycles. The summed E-state index contributed by atoms with van der Waals surface area (Å²) in [5, 5.41) is 9.53. The first-order valence-electron chi connectivity index (χ1n) is 5.29. The standard InChI is InChI=1S/C11H13F3N2O/c1-8-3-2-4-9(15-8)16-6-5-10(17,7-16)11(12,13)14/h2-4,17H,5-7H2,1H3. The highest BCUT2D eigenvalue weighted by molar-refractivity contribution is 5.41. The number of β-amino-alcohol motifs (C(OH)–C–C–N with tert-alkyl or cyclic N) is 1. The Balaban J connectivity index is 2.18. The Kier molecular flexibility index (Phi) is 2.77. The van der Waals surface area contributed by atoms with Crippen molar-refractivity contribution >= 4 is 5.82 Å². The fraction of sp³-hybridized carbons (Fsp3) is 0.545. The molecule has 0 radical (unpaired) electrons. The van der Waals surface area contributed by atoms with Crippen LogP contribution in [0.3, 0.4) is 0 Å². The number of aryl methyl sites for hydroxylation is 1. The molecule has 1 aromatic heterocycles. The summed E-state index contributed by atoms with van der Waals surface area (Å²) >= 11 is 0. The Morgan fingerprint density at radius 1 is 1.41 bits per heavy atom. The second kappa shape index (κ2) is 3.87. The minimum Gasteiger partial charge on any atom is -0.379 e. The van der Waals surface area contributed by atoms with Gasteiger partial charge in [0.2, 0.25) is 0 Å². The van der Waals surface area contributed by atoms with E-state index in [9.17, 15) is 18.3 Å². The molecule has 1 N–H and O–H groups in total. The summed E-state index contributed by atoms with van der Waals surface area (Å²) in [4.78, 5) is 5.61. The molecule has 1 atom stereocenters. The zero-order valence-corrected chi connectivity index (χ0v) is 9.33. The van der Waals surface area contributed by atoms with Gasteiger partial charge in [-0.25, -0.2) is 4.98 Å². The van der Waals surface area contributed by atoms with Gasteiger partial charge in [-0.1, -0.05) is 6.07 Å². The van der Waals surface area contributed by atoms with Crippen LogP contribution >= 0.6 is 0 Å². The number of pyridine rings is 1. The largest absolute Gasteiger partial charge is 0.418 e. The molecule has 94 valence electrons. The van der Waals surface area contributed by atoms with Gasteiger partial charge in [-0.2, -0.15) is 13.2 Å². The molecule has 2 heterocycles. The topological polar surface area (TPSA) is 36.4 Å². The number of alkyl halides is 3. The van der Waals surface area contributed by atoms with E-state index < -0.39 is 18.3 Å². The Bertz CT molecular complexity index is 421. The number of aliphatic hydroxyl groups is 1. The summed E-state index contributed by atoms with van der Waals surface area (Å²) in [6, 6.07) is 5.16. The highest BCUT2D eigenvalue weighted by Crippen LogP contribution is 2.38. The Morgan fingerprint density at radius 3 is 2.65 bits per heavy atom. The zero-order chi connectivity index (χ0) is 12.7. The summed E-state index contributed by atoms with van der Waals surface area (Å²) in [6.07, 6.45) is -4.91. The molecule has 1 saturated heterocycles. The molecule has 1 unspecified atom stereocenters. The second-order valence-corrected chi connectivity index (χ2v) is 4.34. The zero-order valence-electron chi connectivity index (χ0n) is 9.33. The molecule has 3 nitrogen and oxygen atoms in total. The minimum atomic E-state index is -4.59. The third-order valence-corrected chi connectivity index (χ3v) is 2.97. The van der Waals surface area contributed by atoms with Crippen LogP contribution in [-0.2, 0) is 0 Å². The summed E-state index contributed by atoms with van der Waals surface area (Å²) in [5.41, 5.74) is -1.87. The molecule has 1 fully saturated rings. The first-order chi connectivity index (χ1) is 7.82. The second-order valence-electron chi connectivity index (χ2n) is 4.34. The van der Waals surface area contributed by atoms with Gasteiger partial charge in [0.25, 0.3) is 0 Å². The molecule has 6 heteroatoms. The molecule has 17 heavy (non-hydrogen) atoms. The van der Waals surface area contributed by atoms with Crippen molar-refractivity contribution in [1.29, 1.82) is 0 Å². The number of halogens is 3. The lowest BCUT2D eigenvalue weighted by atomic mass is 10.0. The summed E-state index contributed by atoms with van der Waals surface area (Å²) in [6.45, 7) is 1.48. The van der Waals surface area contributed by atoms with Crippen molar-refractivity contribution in [3.05, 3.63) is 23.9 Å². The number of rotatable bonds is 1. The van der Waals surface area contributed by atoms with Gasteiger partial charge in [-0.15, -0.1) is 0 Å². The average molecular weight is 246 g/mol. The van der Waals surface area contributed by atoms with E-state index in [1.165, 1.54) is 4.90 Å². The van der Waals surface area contributed by atoms with Gasteiger partial charge in [0.1, 0.15) is 5.82 Å². The van der Waals surface area contributed by atoms with Crippen molar-refractivity contribution in [1.82, 2.24) is 4.98 Å². The monoisotopic (exact) mass is 246 g/mol. The highest BCUT2D eigenvalue weighted by atomic mass is 19.4. The van der Waals surface area contributed by atoms with Crippen molar-refractivity contribution in [3.63, 3.8) is 0 Å². The van der Waals surface area contributed by atoms with Crippen LogP contribution in [0.1, 0.15) is 12.1 Å². The van der Waals surface area contributed by atoms with Crippen LogP contribution in [0, 0.1) is 6.92 Å². The Hall–Kier alpha value is -1.30. The molecule has 0 spiro atoms. The minimum absolute atomic E-state index is 0.159. The van der Waals surface area contributed by atoms with Crippen molar-refractivity contribution in [2.24, 2.45) is 0 Å². The van der Waals surface area contributed by atoms with Crippen molar-refractivity contribution in [2.75, 3.05) is 18.0 Å². The van der Waals surface area contributed by atoms with E-state index in [0.29, 0.717) is 5.82 Å². The van der Waals surface area contributed by atoms with Crippen molar-refractivity contribution in [2.45, 2.75) is 25.1 Å². The molecule has 1 aliphatic rings. The molecule has 0 aromatic carbocycles. The van der Waals surface area contributed by atoms with E-state index in [1.807, 2.05) is 0 Å². The van der Waals surface area contributed by atoms with E-state index in [2.05, 4.69) is 4.98 Å². The predicted molar refractivity (Wildman–Crippen MR) is 56.8 cm³/mol. The van der Waals surface area contributed by atoms with E-state index >= 15 is 0 Å². The van der Waals surface area contributed by atoms with Crippen LogP contribution < -0.4 is 4.90 Å². The first kappa shape index (κ1) is 12.2. The molecule has 0 aliphatic carbocycles. The van der Waals surface area contributed by atoms with E-state index in [-0.39, 0.29) is 13.0 Å². The number of hydrogen-bond donors (Lipinski definition) is 1. The first-order valence-corrected chi connectivity index (χ1v) is 5.29. The Labute approximate surface area is 96.9 Å². The van der Waals surface area contributed by atoms with E-state index in [4.69, 9.17) is 0 Å². The number of anilines is 1. The maximum atomic E-state index is 12.6. The van der Waals surface area contributed by atoms with Gasteiger partial charge in [0.15, 0.2) is 5.60 Å². The molecular formula is C11H13F3N2O. The quantitative estimate of drug-likeness (QED) is 0.822. The predicted octanol–water partition coefficient (Wildman–Crippen LogP) is 1.89. The third kappa shape index (κ3) is 2.22. The van der Waals surface area contributed by atoms with Gasteiger partial charge in [-0.3, -0.25) is 0 Å². The van der Waals surface area contributed by atoms with Gasteiger partial charge in [0.05, 0.1) is 6.54 Å². The molecule has 0 saturated carbocycles. The van der Waals surface area contributed by atoms with Crippen molar-refractivity contribution in [3.8, 4) is 0 Å². The summed E-state index contributed by atoms with van der Waals surface area (Å²) in [7, 11) is 0. The van der Waals surface area contributed by atoms with Gasteiger partial charge < -0.3 is 10.0 Å². The summed E-state index contributed by atoms with van der Waals surface area (Å²) < 4.78 is 37.8. The van der Waals surface area contributed by atoms with Crippen LogP contribution in [0.4, 0.5) is 19.0 Å². The Morgan fingerprint density at radius 2 is 2.12 bits per heavy atom. The van der Waals surface area contributed by atoms with E-state index in [1.54, 1.807) is 25.1 Å². The van der Waals surface area contributed by atoms with Crippen LogP contribution in [0.2, 0.25) is 0 Å². The average Bonchev–Trinajstić information content (AvgIpc) is 2.61. The summed E-state index contributed by atoms with van der Waals surface area (Å²) in [5.74, 6) is 0.477. The van der Waals surface area contributed by atoms with Crippen LogP contribution in [-0.4, -0.2) is 35.0 Å². The smallest absolute Gasteiger partial charge is 0.379 e. The molecule has 0 bridgehead atoms. The SMILES string of the molecule is Cc1cccc(N2CCC(O)(C(F)(F)F)C2)n1. The molecule has 0 amide bonds. The lowest BCUT2D eigenvalue weighted by Gasteiger charge is -2.26. The van der Waals surface area contributed by atoms with Gasteiger partial charge in [0, 0.05) is 18.7 Å². The van der Waals surface area contributed by atoms with Crippen LogP contribution in [0.5, 0.6) is 0 Å². The van der Waals surface area contributed by atoms with Crippen LogP contribution in [0.25, 0.3) is 0 Å². The third-order valence-electron chi connectivity index (χ3n) is 2.97. The van der Waals surface area contributed by atoms with Gasteiger partial charge in [-0.05, 0) is 19.1 Å². The highest BCUT2D eigenvalue weighted by Gasteiger charge is 2.57.